The minimum absolute atomic E-state index is 0.138. The first-order chi connectivity index (χ1) is 8.69. The molecule has 1 fully saturated rings. The highest BCUT2D eigenvalue weighted by Crippen LogP contribution is 2.14. The third-order valence-corrected chi connectivity index (χ3v) is 3.32. The van der Waals surface area contributed by atoms with Crippen LogP contribution < -0.4 is 10.5 Å². The van der Waals surface area contributed by atoms with Crippen LogP contribution in [0, 0.1) is 0 Å². The molecule has 1 aliphatic rings. The number of nitrogens with two attached hydrogens (primary N) is 1. The summed E-state index contributed by atoms with van der Waals surface area (Å²) in [7, 11) is 1.63. The number of likely N-dealkylation sites (tertiary alicyclic amines) is 1. The molecule has 4 nitrogen and oxygen atoms in total. The molecule has 0 radical (unpaired) electrons. The Morgan fingerprint density at radius 1 is 1.44 bits per heavy atom. The molecule has 1 saturated heterocycles. The van der Waals surface area contributed by atoms with Gasteiger partial charge in [0.2, 0.25) is 5.91 Å². The summed E-state index contributed by atoms with van der Waals surface area (Å²) in [5.41, 5.74) is 6.90. The lowest BCUT2D eigenvalue weighted by Gasteiger charge is -2.30. The van der Waals surface area contributed by atoms with Gasteiger partial charge in [0, 0.05) is 19.1 Å². The lowest BCUT2D eigenvalue weighted by atomic mass is 10.1. The Morgan fingerprint density at radius 2 is 2.17 bits per heavy atom. The lowest BCUT2D eigenvalue weighted by Crippen LogP contribution is -2.46. The van der Waals surface area contributed by atoms with Gasteiger partial charge >= 0.3 is 0 Å². The summed E-state index contributed by atoms with van der Waals surface area (Å²) in [6, 6.07) is 7.76. The van der Waals surface area contributed by atoms with Gasteiger partial charge < -0.3 is 15.4 Å². The molecule has 2 rings (SSSR count). The van der Waals surface area contributed by atoms with E-state index in [-0.39, 0.29) is 11.9 Å². The van der Waals surface area contributed by atoms with Crippen molar-refractivity contribution in [1.82, 2.24) is 4.90 Å². The Morgan fingerprint density at radius 3 is 2.78 bits per heavy atom. The number of rotatable bonds is 3. The summed E-state index contributed by atoms with van der Waals surface area (Å²) in [5, 5.41) is 0. The smallest absolute Gasteiger partial charge is 0.227 e. The molecule has 0 bridgehead atoms. The van der Waals surface area contributed by atoms with E-state index in [0.717, 1.165) is 30.7 Å². The first-order valence-corrected chi connectivity index (χ1v) is 6.35. The van der Waals surface area contributed by atoms with Crippen LogP contribution in [0.4, 0.5) is 0 Å². The van der Waals surface area contributed by atoms with Crippen molar-refractivity contribution in [3.8, 4) is 5.75 Å². The maximum Gasteiger partial charge on any atom is 0.227 e. The van der Waals surface area contributed by atoms with Crippen LogP contribution in [-0.2, 0) is 11.2 Å². The maximum atomic E-state index is 12.1. The average molecular weight is 248 g/mol. The Kier molecular flexibility index (Phi) is 4.20. The van der Waals surface area contributed by atoms with E-state index in [9.17, 15) is 4.79 Å². The van der Waals surface area contributed by atoms with E-state index >= 15 is 0 Å². The van der Waals surface area contributed by atoms with Crippen LogP contribution in [0.5, 0.6) is 5.75 Å². The molecule has 1 aliphatic heterocycles. The highest BCUT2D eigenvalue weighted by molar-refractivity contribution is 5.79. The number of hydrogen-bond donors (Lipinski definition) is 1. The summed E-state index contributed by atoms with van der Waals surface area (Å²) < 4.78 is 5.09. The van der Waals surface area contributed by atoms with E-state index in [0.29, 0.717) is 13.0 Å². The van der Waals surface area contributed by atoms with Crippen molar-refractivity contribution in [3.63, 3.8) is 0 Å². The number of amides is 1. The van der Waals surface area contributed by atoms with E-state index in [1.54, 1.807) is 7.11 Å². The van der Waals surface area contributed by atoms with Crippen molar-refractivity contribution >= 4 is 5.91 Å². The van der Waals surface area contributed by atoms with Gasteiger partial charge in [-0.1, -0.05) is 12.1 Å². The number of piperidine rings is 1. The minimum atomic E-state index is 0.138. The zero-order valence-electron chi connectivity index (χ0n) is 10.8. The highest BCUT2D eigenvalue weighted by Gasteiger charge is 2.21. The van der Waals surface area contributed by atoms with Crippen molar-refractivity contribution in [2.24, 2.45) is 5.73 Å². The number of carbonyl (C=O) groups is 1. The summed E-state index contributed by atoms with van der Waals surface area (Å²) in [5.74, 6) is 0.974. The van der Waals surface area contributed by atoms with Crippen LogP contribution in [0.15, 0.2) is 24.3 Å². The zero-order valence-corrected chi connectivity index (χ0v) is 10.8. The molecular weight excluding hydrogens is 228 g/mol. The molecule has 2 N–H and O–H groups in total. The van der Waals surface area contributed by atoms with Crippen LogP contribution in [0.2, 0.25) is 0 Å². The number of carbonyl (C=O) groups excluding carboxylic acids is 1. The van der Waals surface area contributed by atoms with Gasteiger partial charge in [0.1, 0.15) is 5.75 Å². The molecule has 0 aromatic heterocycles. The van der Waals surface area contributed by atoms with Crippen molar-refractivity contribution in [1.29, 1.82) is 0 Å². The Labute approximate surface area is 108 Å². The maximum absolute atomic E-state index is 12.1. The van der Waals surface area contributed by atoms with Gasteiger partial charge in [-0.3, -0.25) is 4.79 Å². The van der Waals surface area contributed by atoms with E-state index in [1.165, 1.54) is 0 Å². The molecule has 1 unspecified atom stereocenters. The van der Waals surface area contributed by atoms with E-state index in [2.05, 4.69) is 0 Å². The van der Waals surface area contributed by atoms with Crippen LogP contribution in [-0.4, -0.2) is 37.0 Å². The van der Waals surface area contributed by atoms with E-state index in [4.69, 9.17) is 10.5 Å². The topological polar surface area (TPSA) is 55.6 Å². The van der Waals surface area contributed by atoms with Gasteiger partial charge in [0.15, 0.2) is 0 Å². The van der Waals surface area contributed by atoms with Gasteiger partial charge in [0.25, 0.3) is 0 Å². The lowest BCUT2D eigenvalue weighted by molar-refractivity contribution is -0.131. The summed E-state index contributed by atoms with van der Waals surface area (Å²) in [6.07, 6.45) is 2.47. The minimum Gasteiger partial charge on any atom is -0.497 e. The molecule has 0 spiro atoms. The molecule has 18 heavy (non-hydrogen) atoms. The molecule has 4 heteroatoms. The van der Waals surface area contributed by atoms with Gasteiger partial charge in [-0.15, -0.1) is 0 Å². The van der Waals surface area contributed by atoms with Crippen LogP contribution in [0.3, 0.4) is 0 Å². The molecule has 1 aromatic carbocycles. The fourth-order valence-corrected chi connectivity index (χ4v) is 2.27. The summed E-state index contributed by atoms with van der Waals surface area (Å²) in [6.45, 7) is 1.53. The zero-order chi connectivity index (χ0) is 13.0. The molecule has 0 aliphatic carbocycles. The van der Waals surface area contributed by atoms with Crippen molar-refractivity contribution < 1.29 is 9.53 Å². The second-order valence-electron chi connectivity index (χ2n) is 4.77. The van der Waals surface area contributed by atoms with Gasteiger partial charge in [-0.05, 0) is 30.5 Å². The molecule has 0 saturated carbocycles. The predicted octanol–water partition coefficient (Wildman–Crippen LogP) is 1.19. The monoisotopic (exact) mass is 248 g/mol. The van der Waals surface area contributed by atoms with Crippen molar-refractivity contribution in [3.05, 3.63) is 29.8 Å². The first kappa shape index (κ1) is 12.9. The fourth-order valence-electron chi connectivity index (χ4n) is 2.27. The third-order valence-electron chi connectivity index (χ3n) is 3.32. The second-order valence-corrected chi connectivity index (χ2v) is 4.77. The molecule has 98 valence electrons. The Hall–Kier alpha value is -1.55. The fraction of sp³-hybridized carbons (Fsp3) is 0.500. The first-order valence-electron chi connectivity index (χ1n) is 6.35. The largest absolute Gasteiger partial charge is 0.497 e. The normalized spacial score (nSPS) is 19.7. The second kappa shape index (κ2) is 5.87. The number of ether oxygens (including phenoxy) is 1. The summed E-state index contributed by atoms with van der Waals surface area (Å²) in [4.78, 5) is 14.0. The highest BCUT2D eigenvalue weighted by atomic mass is 16.5. The van der Waals surface area contributed by atoms with E-state index < -0.39 is 0 Å². The number of nitrogens with zero attached hydrogens (tertiary/aromatic N) is 1. The van der Waals surface area contributed by atoms with E-state index in [1.807, 2.05) is 29.2 Å². The number of hydrogen-bond acceptors (Lipinski definition) is 3. The van der Waals surface area contributed by atoms with Crippen molar-refractivity contribution in [2.75, 3.05) is 20.2 Å². The van der Waals surface area contributed by atoms with Crippen LogP contribution in [0.1, 0.15) is 18.4 Å². The molecule has 1 amide bonds. The third kappa shape index (κ3) is 3.23. The SMILES string of the molecule is COc1ccc(CC(=O)N2CCCC(N)C2)cc1. The molecule has 1 atom stereocenters. The van der Waals surface area contributed by atoms with Crippen LogP contribution in [0.25, 0.3) is 0 Å². The number of benzene rings is 1. The molecular formula is C14H20N2O2. The van der Waals surface area contributed by atoms with Crippen LogP contribution >= 0.6 is 0 Å². The van der Waals surface area contributed by atoms with Gasteiger partial charge in [0.05, 0.1) is 13.5 Å². The molecule has 1 heterocycles. The predicted molar refractivity (Wildman–Crippen MR) is 70.5 cm³/mol. The molecule has 1 aromatic rings. The van der Waals surface area contributed by atoms with Crippen molar-refractivity contribution in [2.45, 2.75) is 25.3 Å². The summed E-state index contributed by atoms with van der Waals surface area (Å²) >= 11 is 0. The Bertz CT molecular complexity index is 403. The Balaban J connectivity index is 1.93. The number of methoxy groups -OCH3 is 1. The standard InChI is InChI=1S/C14H20N2O2/c1-18-13-6-4-11(5-7-13)9-14(17)16-8-2-3-12(15)10-16/h4-7,12H,2-3,8-10,15H2,1H3. The average Bonchev–Trinajstić information content (AvgIpc) is 2.39. The van der Waals surface area contributed by atoms with Gasteiger partial charge in [-0.2, -0.15) is 0 Å². The quantitative estimate of drug-likeness (QED) is 0.874. The van der Waals surface area contributed by atoms with Gasteiger partial charge in [-0.25, -0.2) is 0 Å².